The van der Waals surface area contributed by atoms with E-state index >= 15 is 0 Å². The summed E-state index contributed by atoms with van der Waals surface area (Å²) in [4.78, 5) is 46.2. The number of carbonyl (C=O) groups excluding carboxylic acids is 2. The lowest BCUT2D eigenvalue weighted by Gasteiger charge is -2.37. The van der Waals surface area contributed by atoms with Gasteiger partial charge in [-0.1, -0.05) is 26.0 Å². The number of aromatic nitrogens is 1. The predicted octanol–water partition coefficient (Wildman–Crippen LogP) is 4.56. The van der Waals surface area contributed by atoms with Crippen LogP contribution in [0.2, 0.25) is 0 Å². The van der Waals surface area contributed by atoms with Gasteiger partial charge < -0.3 is 25.0 Å². The van der Waals surface area contributed by atoms with Gasteiger partial charge >= 0.3 is 6.09 Å². The second-order valence-electron chi connectivity index (χ2n) is 11.5. The van der Waals surface area contributed by atoms with Gasteiger partial charge in [0.15, 0.2) is 5.78 Å². The van der Waals surface area contributed by atoms with Crippen LogP contribution in [0.3, 0.4) is 0 Å². The molecule has 2 fully saturated rings. The van der Waals surface area contributed by atoms with Crippen LogP contribution in [0.5, 0.6) is 0 Å². The molecule has 0 saturated carbocycles. The SMILES string of the molecule is CC1(C)CC(=O)c2sc(N3CCOCC3)c(-c3ccnc(-c4cccc(C(=O)NC5CN(C(=O)O)C5)c4)c3)c2C1. The topological polar surface area (TPSA) is 112 Å². The van der Waals surface area contributed by atoms with Crippen molar-refractivity contribution in [3.8, 4) is 22.4 Å². The highest BCUT2D eigenvalue weighted by atomic mass is 32.1. The first kappa shape index (κ1) is 26.5. The average molecular weight is 561 g/mol. The number of rotatable bonds is 5. The lowest BCUT2D eigenvalue weighted by molar-refractivity contribution is 0.0768. The van der Waals surface area contributed by atoms with Crippen LogP contribution in [-0.2, 0) is 11.2 Å². The number of nitrogens with one attached hydrogen (secondary N) is 1. The molecule has 40 heavy (non-hydrogen) atoms. The second kappa shape index (κ2) is 10.3. The number of hydrogen-bond acceptors (Lipinski definition) is 7. The molecule has 0 atom stereocenters. The Balaban J connectivity index is 1.33. The minimum atomic E-state index is -0.977. The molecule has 208 valence electrons. The maximum atomic E-state index is 13.2. The smallest absolute Gasteiger partial charge is 0.407 e. The summed E-state index contributed by atoms with van der Waals surface area (Å²) in [5, 5.41) is 13.1. The molecule has 10 heteroatoms. The molecule has 3 aromatic rings. The number of anilines is 1. The van der Waals surface area contributed by atoms with Gasteiger partial charge in [0.05, 0.1) is 34.8 Å². The number of carboxylic acid groups (broad SMARTS) is 1. The number of likely N-dealkylation sites (tertiary alicyclic amines) is 1. The first-order chi connectivity index (χ1) is 19.2. The van der Waals surface area contributed by atoms with Crippen molar-refractivity contribution < 1.29 is 24.2 Å². The Morgan fingerprint density at radius 2 is 1.88 bits per heavy atom. The Hall–Kier alpha value is -3.76. The van der Waals surface area contributed by atoms with E-state index in [1.165, 1.54) is 4.90 Å². The fourth-order valence-electron chi connectivity index (χ4n) is 5.75. The lowest BCUT2D eigenvalue weighted by Crippen LogP contribution is -2.60. The van der Waals surface area contributed by atoms with Crippen LogP contribution in [0.1, 0.15) is 45.9 Å². The zero-order valence-electron chi connectivity index (χ0n) is 22.6. The molecule has 3 aliphatic rings. The number of ketones is 1. The Morgan fingerprint density at radius 3 is 2.62 bits per heavy atom. The van der Waals surface area contributed by atoms with Gasteiger partial charge in [-0.3, -0.25) is 14.6 Å². The average Bonchev–Trinajstić information content (AvgIpc) is 3.29. The fourth-order valence-corrected chi connectivity index (χ4v) is 7.08. The number of thiophene rings is 1. The molecule has 9 nitrogen and oxygen atoms in total. The zero-order chi connectivity index (χ0) is 28.0. The van der Waals surface area contributed by atoms with E-state index in [1.807, 2.05) is 30.3 Å². The number of Topliss-reactive ketones (excluding diaryl/α,β-unsaturated/α-hetero) is 1. The van der Waals surface area contributed by atoms with Crippen LogP contribution in [0, 0.1) is 5.41 Å². The lowest BCUT2D eigenvalue weighted by atomic mass is 9.75. The summed E-state index contributed by atoms with van der Waals surface area (Å²) in [5.74, 6) is -0.0294. The van der Waals surface area contributed by atoms with Crippen LogP contribution in [0.15, 0.2) is 42.6 Å². The molecule has 2 saturated heterocycles. The van der Waals surface area contributed by atoms with Crippen LogP contribution in [-0.4, -0.2) is 78.2 Å². The van der Waals surface area contributed by atoms with Crippen molar-refractivity contribution in [3.05, 3.63) is 58.6 Å². The summed E-state index contributed by atoms with van der Waals surface area (Å²) in [6.07, 6.45) is 2.19. The van der Waals surface area contributed by atoms with E-state index in [9.17, 15) is 14.4 Å². The number of pyridine rings is 1. The molecule has 4 heterocycles. The summed E-state index contributed by atoms with van der Waals surface area (Å²) in [7, 11) is 0. The standard InChI is InChI=1S/C30H32N4O5S/c1-30(2)14-22-25(28(33-8-10-39-11-9-33)40-26(22)24(35)15-30)19-6-7-31-23(13-19)18-4-3-5-20(12-18)27(36)32-21-16-34(17-21)29(37)38/h3-7,12-13,21H,8-11,14-17H2,1-2H3,(H,32,36)(H,37,38). The third-order valence-electron chi connectivity index (χ3n) is 7.79. The van der Waals surface area contributed by atoms with E-state index in [4.69, 9.17) is 9.84 Å². The Kier molecular flexibility index (Phi) is 6.83. The maximum absolute atomic E-state index is 13.2. The van der Waals surface area contributed by atoms with E-state index in [-0.39, 0.29) is 23.1 Å². The van der Waals surface area contributed by atoms with Crippen molar-refractivity contribution in [2.45, 2.75) is 32.7 Å². The van der Waals surface area contributed by atoms with E-state index in [0.29, 0.717) is 38.3 Å². The Morgan fingerprint density at radius 1 is 1.10 bits per heavy atom. The largest absolute Gasteiger partial charge is 0.465 e. The van der Waals surface area contributed by atoms with Gasteiger partial charge in [-0.15, -0.1) is 11.3 Å². The molecule has 1 aliphatic carbocycles. The number of benzene rings is 1. The highest BCUT2D eigenvalue weighted by molar-refractivity contribution is 7.19. The quantitative estimate of drug-likeness (QED) is 0.471. The van der Waals surface area contributed by atoms with Gasteiger partial charge in [0.1, 0.15) is 0 Å². The molecular weight excluding hydrogens is 528 g/mol. The van der Waals surface area contributed by atoms with Crippen molar-refractivity contribution >= 4 is 34.1 Å². The summed E-state index contributed by atoms with van der Waals surface area (Å²) in [6, 6.07) is 11.2. The molecule has 0 unspecified atom stereocenters. The van der Waals surface area contributed by atoms with Crippen molar-refractivity contribution in [1.82, 2.24) is 15.2 Å². The third-order valence-corrected chi connectivity index (χ3v) is 9.12. The van der Waals surface area contributed by atoms with E-state index in [0.717, 1.165) is 57.3 Å². The summed E-state index contributed by atoms with van der Waals surface area (Å²) in [5.41, 5.74) is 5.16. The molecule has 2 N–H and O–H groups in total. The van der Waals surface area contributed by atoms with Gasteiger partial charge in [-0.2, -0.15) is 0 Å². The van der Waals surface area contributed by atoms with Crippen molar-refractivity contribution in [1.29, 1.82) is 0 Å². The monoisotopic (exact) mass is 560 g/mol. The predicted molar refractivity (Wildman–Crippen MR) is 153 cm³/mol. The van der Waals surface area contributed by atoms with Gasteiger partial charge in [-0.05, 0) is 47.2 Å². The summed E-state index contributed by atoms with van der Waals surface area (Å²) in [6.45, 7) is 7.77. The first-order valence-corrected chi connectivity index (χ1v) is 14.4. The van der Waals surface area contributed by atoms with Gasteiger partial charge in [0.25, 0.3) is 5.91 Å². The minimum Gasteiger partial charge on any atom is -0.465 e. The number of ether oxygens (including phenoxy) is 1. The van der Waals surface area contributed by atoms with Crippen LogP contribution in [0.4, 0.5) is 9.80 Å². The molecule has 0 spiro atoms. The summed E-state index contributed by atoms with van der Waals surface area (Å²) >= 11 is 1.60. The molecule has 0 radical (unpaired) electrons. The Bertz CT molecular complexity index is 1490. The third kappa shape index (κ3) is 5.09. The van der Waals surface area contributed by atoms with Crippen molar-refractivity contribution in [3.63, 3.8) is 0 Å². The molecule has 2 amide bonds. The van der Waals surface area contributed by atoms with E-state index in [2.05, 4.69) is 29.0 Å². The molecule has 6 rings (SSSR count). The number of carbonyl (C=O) groups is 3. The minimum absolute atomic E-state index is 0.109. The van der Waals surface area contributed by atoms with E-state index in [1.54, 1.807) is 23.6 Å². The molecular formula is C30H32N4O5S. The molecule has 0 bridgehead atoms. The molecule has 2 aliphatic heterocycles. The van der Waals surface area contributed by atoms with Crippen LogP contribution < -0.4 is 10.2 Å². The summed E-state index contributed by atoms with van der Waals surface area (Å²) < 4.78 is 5.61. The Labute approximate surface area is 236 Å². The maximum Gasteiger partial charge on any atom is 0.407 e. The zero-order valence-corrected chi connectivity index (χ0v) is 23.4. The second-order valence-corrected chi connectivity index (χ2v) is 12.5. The van der Waals surface area contributed by atoms with Crippen molar-refractivity contribution in [2.75, 3.05) is 44.3 Å². The number of hydrogen-bond donors (Lipinski definition) is 2. The normalized spacial score (nSPS) is 18.7. The molecule has 1 aromatic carbocycles. The molecule has 2 aromatic heterocycles. The van der Waals surface area contributed by atoms with Gasteiger partial charge in [-0.25, -0.2) is 4.79 Å². The number of fused-ring (bicyclic) bond motifs is 1. The van der Waals surface area contributed by atoms with Gasteiger partial charge in [0, 0.05) is 55.5 Å². The number of nitrogens with zero attached hydrogens (tertiary/aromatic N) is 3. The van der Waals surface area contributed by atoms with Gasteiger partial charge in [0.2, 0.25) is 0 Å². The number of morpholine rings is 1. The number of amides is 2. The van der Waals surface area contributed by atoms with Crippen molar-refractivity contribution in [2.24, 2.45) is 5.41 Å². The first-order valence-electron chi connectivity index (χ1n) is 13.6. The highest BCUT2D eigenvalue weighted by Gasteiger charge is 2.37. The van der Waals surface area contributed by atoms with Crippen LogP contribution >= 0.6 is 11.3 Å². The van der Waals surface area contributed by atoms with E-state index < -0.39 is 6.09 Å². The van der Waals surface area contributed by atoms with Crippen LogP contribution in [0.25, 0.3) is 22.4 Å². The highest BCUT2D eigenvalue weighted by Crippen LogP contribution is 2.49. The fraction of sp³-hybridized carbons (Fsp3) is 0.400.